The maximum Gasteiger partial charge on any atom is 0.229 e. The Kier molecular flexibility index (Phi) is 7.55. The summed E-state index contributed by atoms with van der Waals surface area (Å²) in [7, 11) is 0. The zero-order chi connectivity index (χ0) is 23.4. The molecule has 0 saturated carbocycles. The number of hydrogen-bond donors (Lipinski definition) is 1. The van der Waals surface area contributed by atoms with Gasteiger partial charge in [0.05, 0.1) is 11.4 Å². The topological polar surface area (TPSA) is 93.7 Å². The van der Waals surface area contributed by atoms with Gasteiger partial charge in [-0.05, 0) is 43.6 Å². The zero-order valence-electron chi connectivity index (χ0n) is 19.7. The third-order valence-electron chi connectivity index (χ3n) is 4.78. The number of carbonyl (C=O) groups is 1. The summed E-state index contributed by atoms with van der Waals surface area (Å²) in [5.74, 6) is -0.105. The largest absolute Gasteiger partial charge is 0.372 e. The van der Waals surface area contributed by atoms with Crippen LogP contribution in [0.3, 0.4) is 0 Å². The lowest BCUT2D eigenvalue weighted by Crippen LogP contribution is -2.28. The maximum absolute atomic E-state index is 12.6. The van der Waals surface area contributed by atoms with E-state index in [0.29, 0.717) is 27.6 Å². The zero-order valence-corrected chi connectivity index (χ0v) is 20.5. The molecule has 0 saturated heterocycles. The van der Waals surface area contributed by atoms with Crippen molar-refractivity contribution in [1.82, 2.24) is 4.37 Å². The van der Waals surface area contributed by atoms with Gasteiger partial charge in [0.2, 0.25) is 5.91 Å². The Morgan fingerprint density at radius 3 is 2.32 bits per heavy atom. The number of nitrogens with zero attached hydrogens (tertiary/aromatic N) is 5. The quantitative estimate of drug-likeness (QED) is 0.515. The lowest BCUT2D eigenvalue weighted by atomic mass is 9.90. The molecule has 1 amide bonds. The highest BCUT2D eigenvalue weighted by molar-refractivity contribution is 7.10. The van der Waals surface area contributed by atoms with Crippen molar-refractivity contribution in [2.24, 2.45) is 15.6 Å². The molecule has 0 bridgehead atoms. The fraction of sp³-hybridized carbons (Fsp3) is 0.522. The minimum atomic E-state index is -0.549. The summed E-state index contributed by atoms with van der Waals surface area (Å²) in [6.07, 6.45) is 0. The van der Waals surface area contributed by atoms with Crippen LogP contribution in [-0.4, -0.2) is 23.4 Å². The maximum atomic E-state index is 12.6. The first-order valence-electron chi connectivity index (χ1n) is 10.4. The van der Waals surface area contributed by atoms with E-state index in [9.17, 15) is 10.1 Å². The molecular formula is C23H32N6OS. The molecule has 0 atom stereocenters. The molecule has 31 heavy (non-hydrogen) atoms. The number of rotatable bonds is 6. The number of benzene rings is 1. The summed E-state index contributed by atoms with van der Waals surface area (Å²) in [5, 5.41) is 21.8. The monoisotopic (exact) mass is 440 g/mol. The number of hydrogen-bond acceptors (Lipinski definition) is 7. The Balaban J connectivity index is 2.49. The van der Waals surface area contributed by atoms with Gasteiger partial charge in [0.25, 0.3) is 0 Å². The first-order chi connectivity index (χ1) is 14.4. The molecule has 8 heteroatoms. The predicted octanol–water partition coefficient (Wildman–Crippen LogP) is 6.56. The van der Waals surface area contributed by atoms with Gasteiger partial charge in [-0.15, -0.1) is 10.2 Å². The second kappa shape index (κ2) is 9.56. The molecular weight excluding hydrogens is 408 g/mol. The lowest BCUT2D eigenvalue weighted by Gasteiger charge is -2.23. The Morgan fingerprint density at radius 1 is 1.16 bits per heavy atom. The van der Waals surface area contributed by atoms with Crippen molar-refractivity contribution in [2.45, 2.75) is 60.8 Å². The van der Waals surface area contributed by atoms with Crippen LogP contribution < -0.4 is 10.2 Å². The summed E-state index contributed by atoms with van der Waals surface area (Å²) in [6.45, 7) is 17.5. The second-order valence-electron chi connectivity index (χ2n) is 9.35. The van der Waals surface area contributed by atoms with Gasteiger partial charge in [-0.1, -0.05) is 41.5 Å². The Morgan fingerprint density at radius 2 is 1.81 bits per heavy atom. The second-order valence-corrected chi connectivity index (χ2v) is 10.1. The minimum Gasteiger partial charge on any atom is -0.372 e. The molecule has 166 valence electrons. The molecule has 2 aromatic rings. The van der Waals surface area contributed by atoms with Gasteiger partial charge in [0.15, 0.2) is 5.00 Å². The van der Waals surface area contributed by atoms with Crippen LogP contribution >= 0.6 is 11.5 Å². The third kappa shape index (κ3) is 5.88. The average Bonchev–Trinajstić information content (AvgIpc) is 3.11. The molecule has 1 heterocycles. The first kappa shape index (κ1) is 24.5. The molecule has 0 fully saturated rings. The lowest BCUT2D eigenvalue weighted by molar-refractivity contribution is -0.123. The SMILES string of the molecule is CCN(CC)c1ccc(N=Nc2snc(C(C)(C)C)c2C#N)c(NC(=O)C(C)(C)C)c1. The standard InChI is InChI=1S/C23H32N6OS/c1-9-29(10-2)15-11-12-17(18(13-15)25-21(30)23(6,7)8)26-27-20-16(14-24)19(28-31-20)22(3,4)5/h11-13H,9-10H2,1-8H3,(H,25,30). The van der Waals surface area contributed by atoms with Crippen LogP contribution in [0.15, 0.2) is 28.4 Å². The number of aromatic nitrogens is 1. The Bertz CT molecular complexity index is 1000. The van der Waals surface area contributed by atoms with Crippen molar-refractivity contribution in [1.29, 1.82) is 5.26 Å². The molecule has 0 aliphatic carbocycles. The van der Waals surface area contributed by atoms with Gasteiger partial charge in [-0.3, -0.25) is 4.79 Å². The summed E-state index contributed by atoms with van der Waals surface area (Å²) < 4.78 is 4.42. The van der Waals surface area contributed by atoms with E-state index in [1.54, 1.807) is 0 Å². The molecule has 0 aliphatic rings. The van der Waals surface area contributed by atoms with E-state index >= 15 is 0 Å². The van der Waals surface area contributed by atoms with Crippen molar-refractivity contribution in [3.8, 4) is 6.07 Å². The van der Waals surface area contributed by atoms with Gasteiger partial charge < -0.3 is 10.2 Å². The van der Waals surface area contributed by atoms with Gasteiger partial charge in [0.1, 0.15) is 17.3 Å². The number of anilines is 2. The van der Waals surface area contributed by atoms with Crippen LogP contribution in [0.25, 0.3) is 0 Å². The summed E-state index contributed by atoms with van der Waals surface area (Å²) in [6, 6.07) is 7.94. The van der Waals surface area contributed by atoms with Crippen molar-refractivity contribution in [2.75, 3.05) is 23.3 Å². The average molecular weight is 441 g/mol. The molecule has 0 unspecified atom stereocenters. The van der Waals surface area contributed by atoms with E-state index in [-0.39, 0.29) is 11.3 Å². The summed E-state index contributed by atoms with van der Waals surface area (Å²) in [5.41, 5.74) is 2.47. The minimum absolute atomic E-state index is 0.105. The highest BCUT2D eigenvalue weighted by Gasteiger charge is 2.25. The van der Waals surface area contributed by atoms with E-state index < -0.39 is 5.41 Å². The van der Waals surface area contributed by atoms with E-state index in [0.717, 1.165) is 30.3 Å². The molecule has 0 spiro atoms. The molecule has 7 nitrogen and oxygen atoms in total. The third-order valence-corrected chi connectivity index (χ3v) is 5.52. The highest BCUT2D eigenvalue weighted by Crippen LogP contribution is 2.37. The number of carbonyl (C=O) groups excluding carboxylic acids is 1. The van der Waals surface area contributed by atoms with E-state index in [1.807, 2.05) is 59.7 Å². The van der Waals surface area contributed by atoms with Crippen LogP contribution in [0, 0.1) is 16.7 Å². The number of nitrogens with one attached hydrogen (secondary N) is 1. The van der Waals surface area contributed by atoms with Crippen LogP contribution in [-0.2, 0) is 10.2 Å². The van der Waals surface area contributed by atoms with Gasteiger partial charge in [-0.25, -0.2) is 0 Å². The van der Waals surface area contributed by atoms with E-state index in [2.05, 4.69) is 44.7 Å². The predicted molar refractivity (Wildman–Crippen MR) is 128 cm³/mol. The highest BCUT2D eigenvalue weighted by atomic mass is 32.1. The van der Waals surface area contributed by atoms with Crippen molar-refractivity contribution < 1.29 is 4.79 Å². The fourth-order valence-electron chi connectivity index (χ4n) is 2.87. The summed E-state index contributed by atoms with van der Waals surface area (Å²) >= 11 is 1.16. The van der Waals surface area contributed by atoms with E-state index in [4.69, 9.17) is 0 Å². The smallest absolute Gasteiger partial charge is 0.229 e. The van der Waals surface area contributed by atoms with Crippen LogP contribution in [0.4, 0.5) is 22.1 Å². The Labute approximate surface area is 189 Å². The van der Waals surface area contributed by atoms with E-state index in [1.165, 1.54) is 0 Å². The molecule has 1 aromatic heterocycles. The molecule has 1 N–H and O–H groups in total. The fourth-order valence-corrected chi connectivity index (χ4v) is 3.72. The number of nitriles is 1. The normalized spacial score (nSPS) is 12.1. The van der Waals surface area contributed by atoms with Crippen LogP contribution in [0.1, 0.15) is 66.6 Å². The van der Waals surface area contributed by atoms with Crippen molar-refractivity contribution in [3.63, 3.8) is 0 Å². The van der Waals surface area contributed by atoms with Crippen molar-refractivity contribution in [3.05, 3.63) is 29.5 Å². The molecule has 1 aromatic carbocycles. The van der Waals surface area contributed by atoms with Gasteiger partial charge >= 0.3 is 0 Å². The number of azo groups is 1. The first-order valence-corrected chi connectivity index (χ1v) is 11.2. The van der Waals surface area contributed by atoms with Crippen molar-refractivity contribution >= 4 is 39.5 Å². The summed E-state index contributed by atoms with van der Waals surface area (Å²) in [4.78, 5) is 14.8. The van der Waals surface area contributed by atoms with Gasteiger partial charge in [0, 0.05) is 29.6 Å². The molecule has 2 rings (SSSR count). The molecule has 0 radical (unpaired) electrons. The van der Waals surface area contributed by atoms with Gasteiger partial charge in [-0.2, -0.15) is 9.64 Å². The number of amides is 1. The molecule has 0 aliphatic heterocycles. The Hall–Kier alpha value is -2.79. The van der Waals surface area contributed by atoms with Crippen LogP contribution in [0.2, 0.25) is 0 Å². The van der Waals surface area contributed by atoms with Crippen LogP contribution in [0.5, 0.6) is 0 Å².